The lowest BCUT2D eigenvalue weighted by molar-refractivity contribution is 0.117. The quantitative estimate of drug-likeness (QED) is 0.543. The number of nitrogens with zero attached hydrogens (tertiary/aromatic N) is 3. The largest absolute Gasteiger partial charge is 0.362 e. The molecular weight excluding hydrogens is 134 g/mol. The molecule has 0 saturated carbocycles. The van der Waals surface area contributed by atoms with E-state index in [1.54, 1.807) is 7.05 Å². The van der Waals surface area contributed by atoms with Crippen LogP contribution in [-0.2, 0) is 18.5 Å². The summed E-state index contributed by atoms with van der Waals surface area (Å²) >= 11 is 0. The summed E-state index contributed by atoms with van der Waals surface area (Å²) in [6.45, 7) is 0.208. The van der Waals surface area contributed by atoms with E-state index in [1.165, 1.54) is 22.7 Å². The Kier molecular flexibility index (Phi) is 1.86. The molecule has 0 bridgehead atoms. The minimum Gasteiger partial charge on any atom is -0.362 e. The Morgan fingerprint density at radius 2 is 2.50 bits per heavy atom. The summed E-state index contributed by atoms with van der Waals surface area (Å²) in [7, 11) is 3.16. The molecule has 0 atom stereocenters. The fourth-order valence-electron chi connectivity index (χ4n) is 0.631. The molecule has 0 unspecified atom stereocenters. The predicted octanol–water partition coefficient (Wildman–Crippen LogP) is -0.814. The molecule has 1 rings (SSSR count). The average Bonchev–Trinajstić information content (AvgIpc) is 2.20. The Hall–Kier alpha value is -1.10. The van der Waals surface area contributed by atoms with Crippen molar-refractivity contribution < 1.29 is 4.74 Å². The first-order valence-corrected chi connectivity index (χ1v) is 2.83. The minimum absolute atomic E-state index is 0.165. The van der Waals surface area contributed by atoms with E-state index in [4.69, 9.17) is 4.74 Å². The highest BCUT2D eigenvalue weighted by Gasteiger charge is 1.97. The summed E-state index contributed by atoms with van der Waals surface area (Å²) in [5.74, 6) is 0. The molecule has 0 amide bonds. The lowest BCUT2D eigenvalue weighted by Gasteiger charge is -1.93. The smallest absolute Gasteiger partial charge is 0.347 e. The molecule has 0 aliphatic rings. The van der Waals surface area contributed by atoms with E-state index in [2.05, 4.69) is 5.10 Å². The normalized spacial score (nSPS) is 10.2. The van der Waals surface area contributed by atoms with Gasteiger partial charge in [-0.25, -0.2) is 4.79 Å². The van der Waals surface area contributed by atoms with E-state index in [-0.39, 0.29) is 12.4 Å². The van der Waals surface area contributed by atoms with Crippen molar-refractivity contribution >= 4 is 0 Å². The molecule has 0 saturated heterocycles. The van der Waals surface area contributed by atoms with Gasteiger partial charge in [0.2, 0.25) is 0 Å². The molecular formula is C5H9N3O2. The molecule has 10 heavy (non-hydrogen) atoms. The van der Waals surface area contributed by atoms with Gasteiger partial charge in [-0.3, -0.25) is 4.57 Å². The number of rotatable bonds is 2. The molecule has 0 fully saturated rings. The molecule has 1 aromatic rings. The van der Waals surface area contributed by atoms with Gasteiger partial charge in [0.15, 0.2) is 0 Å². The van der Waals surface area contributed by atoms with Crippen LogP contribution in [0.3, 0.4) is 0 Å². The molecule has 0 aliphatic carbocycles. The van der Waals surface area contributed by atoms with E-state index in [9.17, 15) is 4.79 Å². The van der Waals surface area contributed by atoms with E-state index in [0.717, 1.165) is 0 Å². The molecule has 1 aromatic heterocycles. The standard InChI is InChI=1S/C5H9N3O2/c1-7-3-6-8(4-10-2)5(7)9/h3H,4H2,1-2H3. The second-order valence-corrected chi connectivity index (χ2v) is 1.94. The lowest BCUT2D eigenvalue weighted by atomic mass is 11.0. The molecule has 0 radical (unpaired) electrons. The van der Waals surface area contributed by atoms with Gasteiger partial charge < -0.3 is 4.74 Å². The van der Waals surface area contributed by atoms with E-state index in [1.807, 2.05) is 0 Å². The molecule has 1 heterocycles. The van der Waals surface area contributed by atoms with Crippen molar-refractivity contribution in [3.05, 3.63) is 16.8 Å². The summed E-state index contributed by atoms with van der Waals surface area (Å²) in [5.41, 5.74) is -0.165. The SMILES string of the molecule is COCn1ncn(C)c1=O. The van der Waals surface area contributed by atoms with Crippen LogP contribution in [-0.4, -0.2) is 21.5 Å². The zero-order valence-electron chi connectivity index (χ0n) is 5.94. The summed E-state index contributed by atoms with van der Waals surface area (Å²) in [6.07, 6.45) is 1.45. The maximum atomic E-state index is 10.9. The molecule has 5 nitrogen and oxygen atoms in total. The number of hydrogen-bond acceptors (Lipinski definition) is 3. The molecule has 5 heteroatoms. The summed E-state index contributed by atoms with van der Waals surface area (Å²) in [6, 6.07) is 0. The predicted molar refractivity (Wildman–Crippen MR) is 34.5 cm³/mol. The van der Waals surface area contributed by atoms with Gasteiger partial charge in [0.1, 0.15) is 13.1 Å². The zero-order chi connectivity index (χ0) is 7.56. The fraction of sp³-hybridized carbons (Fsp3) is 0.600. The first-order chi connectivity index (χ1) is 4.75. The van der Waals surface area contributed by atoms with Crippen molar-refractivity contribution in [3.8, 4) is 0 Å². The third-order valence-electron chi connectivity index (χ3n) is 1.14. The van der Waals surface area contributed by atoms with Gasteiger partial charge in [0.25, 0.3) is 0 Å². The van der Waals surface area contributed by atoms with Crippen molar-refractivity contribution in [2.75, 3.05) is 7.11 Å². The third kappa shape index (κ3) is 1.08. The summed E-state index contributed by atoms with van der Waals surface area (Å²) in [5, 5.41) is 3.75. The second kappa shape index (κ2) is 2.66. The van der Waals surface area contributed by atoms with E-state index >= 15 is 0 Å². The van der Waals surface area contributed by atoms with Crippen LogP contribution in [0, 0.1) is 0 Å². The van der Waals surface area contributed by atoms with E-state index in [0.29, 0.717) is 0 Å². The fourth-order valence-corrected chi connectivity index (χ4v) is 0.631. The lowest BCUT2D eigenvalue weighted by Crippen LogP contribution is -2.23. The van der Waals surface area contributed by atoms with Gasteiger partial charge in [-0.15, -0.1) is 0 Å². The Bertz CT molecular complexity index is 262. The highest BCUT2D eigenvalue weighted by Crippen LogP contribution is 1.74. The van der Waals surface area contributed by atoms with Crippen molar-refractivity contribution in [2.24, 2.45) is 7.05 Å². The Labute approximate surface area is 57.8 Å². The van der Waals surface area contributed by atoms with Crippen LogP contribution < -0.4 is 5.69 Å². The van der Waals surface area contributed by atoms with Crippen molar-refractivity contribution in [1.82, 2.24) is 14.3 Å². The second-order valence-electron chi connectivity index (χ2n) is 1.94. The first-order valence-electron chi connectivity index (χ1n) is 2.83. The van der Waals surface area contributed by atoms with Gasteiger partial charge in [-0.05, 0) is 0 Å². The van der Waals surface area contributed by atoms with Crippen molar-refractivity contribution in [1.29, 1.82) is 0 Å². The van der Waals surface area contributed by atoms with Crippen LogP contribution in [0.1, 0.15) is 0 Å². The summed E-state index contributed by atoms with van der Waals surface area (Å²) in [4.78, 5) is 10.9. The van der Waals surface area contributed by atoms with Crippen molar-refractivity contribution in [3.63, 3.8) is 0 Å². The van der Waals surface area contributed by atoms with Gasteiger partial charge in [0.05, 0.1) is 0 Å². The monoisotopic (exact) mass is 143 g/mol. The maximum absolute atomic E-state index is 10.9. The Morgan fingerprint density at radius 1 is 1.80 bits per heavy atom. The van der Waals surface area contributed by atoms with E-state index < -0.39 is 0 Å². The minimum atomic E-state index is -0.165. The molecule has 56 valence electrons. The number of aryl methyl sites for hydroxylation is 1. The maximum Gasteiger partial charge on any atom is 0.347 e. The zero-order valence-corrected chi connectivity index (χ0v) is 5.94. The van der Waals surface area contributed by atoms with Crippen LogP contribution in [0.25, 0.3) is 0 Å². The summed E-state index contributed by atoms with van der Waals surface area (Å²) < 4.78 is 7.33. The molecule has 0 aliphatic heterocycles. The highest BCUT2D eigenvalue weighted by atomic mass is 16.5. The first kappa shape index (κ1) is 7.01. The van der Waals surface area contributed by atoms with Crippen LogP contribution in [0.2, 0.25) is 0 Å². The van der Waals surface area contributed by atoms with Gasteiger partial charge in [-0.2, -0.15) is 9.78 Å². The number of methoxy groups -OCH3 is 1. The molecule has 0 aromatic carbocycles. The van der Waals surface area contributed by atoms with Crippen LogP contribution in [0.4, 0.5) is 0 Å². The topological polar surface area (TPSA) is 49.0 Å². The van der Waals surface area contributed by atoms with Gasteiger partial charge in [-0.1, -0.05) is 0 Å². The Morgan fingerprint density at radius 3 is 2.90 bits per heavy atom. The van der Waals surface area contributed by atoms with Crippen LogP contribution in [0.5, 0.6) is 0 Å². The van der Waals surface area contributed by atoms with Crippen molar-refractivity contribution in [2.45, 2.75) is 6.73 Å². The molecule has 0 N–H and O–H groups in total. The van der Waals surface area contributed by atoms with Gasteiger partial charge >= 0.3 is 5.69 Å². The highest BCUT2D eigenvalue weighted by molar-refractivity contribution is 4.62. The molecule has 0 spiro atoms. The van der Waals surface area contributed by atoms with Crippen LogP contribution >= 0.6 is 0 Å². The number of aromatic nitrogens is 3. The van der Waals surface area contributed by atoms with Crippen LogP contribution in [0.15, 0.2) is 11.1 Å². The third-order valence-corrected chi connectivity index (χ3v) is 1.14. The van der Waals surface area contributed by atoms with Gasteiger partial charge in [0, 0.05) is 14.2 Å². The Balaban J connectivity index is 2.95. The number of hydrogen-bond donors (Lipinski definition) is 0. The number of ether oxygens (including phenoxy) is 1. The average molecular weight is 143 g/mol.